The van der Waals surface area contributed by atoms with Gasteiger partial charge in [-0.15, -0.1) is 0 Å². The number of hydrazone groups is 1. The van der Waals surface area contributed by atoms with Gasteiger partial charge in [-0.3, -0.25) is 9.59 Å². The highest BCUT2D eigenvalue weighted by Crippen LogP contribution is 2.09. The zero-order chi connectivity index (χ0) is 15.8. The Balaban J connectivity index is 1.78. The molecule has 2 rings (SSSR count). The van der Waals surface area contributed by atoms with Crippen molar-refractivity contribution in [2.24, 2.45) is 5.10 Å². The highest BCUT2D eigenvalue weighted by Gasteiger charge is 2.08. The summed E-state index contributed by atoms with van der Waals surface area (Å²) in [6.07, 6.45) is 1.23. The quantitative estimate of drug-likeness (QED) is 0.489. The smallest absolute Gasteiger partial charge is 0.249 e. The molecule has 0 aromatic heterocycles. The topological polar surface area (TPSA) is 70.6 Å². The van der Waals surface area contributed by atoms with Crippen LogP contribution >= 0.6 is 15.9 Å². The first-order valence-corrected chi connectivity index (χ1v) is 7.35. The van der Waals surface area contributed by atoms with Crippen molar-refractivity contribution in [1.29, 1.82) is 0 Å². The maximum atomic E-state index is 11.7. The first kappa shape index (κ1) is 15.9. The van der Waals surface area contributed by atoms with E-state index < -0.39 is 5.91 Å². The van der Waals surface area contributed by atoms with E-state index in [2.05, 4.69) is 31.8 Å². The van der Waals surface area contributed by atoms with Gasteiger partial charge in [-0.1, -0.05) is 46.3 Å². The van der Waals surface area contributed by atoms with Crippen LogP contribution in [0.15, 0.2) is 64.2 Å². The molecule has 0 aliphatic rings. The van der Waals surface area contributed by atoms with Gasteiger partial charge in [0.2, 0.25) is 11.8 Å². The first-order valence-electron chi connectivity index (χ1n) is 6.56. The predicted molar refractivity (Wildman–Crippen MR) is 89.6 cm³/mol. The van der Waals surface area contributed by atoms with Crippen molar-refractivity contribution in [1.82, 2.24) is 5.43 Å². The summed E-state index contributed by atoms with van der Waals surface area (Å²) in [7, 11) is 0. The second kappa shape index (κ2) is 8.09. The summed E-state index contributed by atoms with van der Waals surface area (Å²) in [6, 6.07) is 16.4. The van der Waals surface area contributed by atoms with E-state index in [1.807, 2.05) is 30.3 Å². The van der Waals surface area contributed by atoms with Gasteiger partial charge >= 0.3 is 0 Å². The van der Waals surface area contributed by atoms with E-state index in [0.29, 0.717) is 5.69 Å². The molecule has 22 heavy (non-hydrogen) atoms. The number of carbonyl (C=O) groups is 2. The van der Waals surface area contributed by atoms with Gasteiger partial charge in [0.1, 0.15) is 6.42 Å². The number of benzene rings is 2. The third-order valence-electron chi connectivity index (χ3n) is 2.65. The van der Waals surface area contributed by atoms with Gasteiger partial charge in [0.15, 0.2) is 0 Å². The normalized spacial score (nSPS) is 10.4. The van der Waals surface area contributed by atoms with Crippen molar-refractivity contribution in [3.63, 3.8) is 0 Å². The molecule has 0 saturated carbocycles. The Kier molecular flexibility index (Phi) is 5.85. The molecule has 5 nitrogen and oxygen atoms in total. The fourth-order valence-electron chi connectivity index (χ4n) is 1.64. The van der Waals surface area contributed by atoms with Gasteiger partial charge < -0.3 is 5.32 Å². The average Bonchev–Trinajstić information content (AvgIpc) is 2.50. The van der Waals surface area contributed by atoms with Crippen LogP contribution in [0.5, 0.6) is 0 Å². The van der Waals surface area contributed by atoms with Crippen LogP contribution in [-0.2, 0) is 9.59 Å². The Labute approximate surface area is 136 Å². The summed E-state index contributed by atoms with van der Waals surface area (Å²) in [5.41, 5.74) is 3.82. The minimum absolute atomic E-state index is 0.285. The van der Waals surface area contributed by atoms with E-state index in [-0.39, 0.29) is 12.3 Å². The van der Waals surface area contributed by atoms with Crippen LogP contribution in [0.1, 0.15) is 12.0 Å². The molecule has 0 heterocycles. The molecule has 2 N–H and O–H groups in total. The van der Waals surface area contributed by atoms with Gasteiger partial charge in [0, 0.05) is 10.2 Å². The summed E-state index contributed by atoms with van der Waals surface area (Å²) in [4.78, 5) is 23.3. The highest BCUT2D eigenvalue weighted by molar-refractivity contribution is 9.10. The third kappa shape index (κ3) is 5.49. The summed E-state index contributed by atoms with van der Waals surface area (Å²) in [5, 5.41) is 6.44. The molecule has 0 bridgehead atoms. The predicted octanol–water partition coefficient (Wildman–Crippen LogP) is 2.93. The Hall–Kier alpha value is -2.47. The average molecular weight is 360 g/mol. The molecular weight excluding hydrogens is 346 g/mol. The second-order valence-electron chi connectivity index (χ2n) is 4.44. The van der Waals surface area contributed by atoms with Crippen LogP contribution in [0, 0.1) is 0 Å². The van der Waals surface area contributed by atoms with Crippen molar-refractivity contribution in [3.8, 4) is 0 Å². The van der Waals surface area contributed by atoms with Crippen molar-refractivity contribution in [2.75, 3.05) is 5.32 Å². The molecule has 0 aliphatic heterocycles. The minimum atomic E-state index is -0.471. The molecule has 2 aromatic rings. The lowest BCUT2D eigenvalue weighted by Gasteiger charge is -2.03. The van der Waals surface area contributed by atoms with Gasteiger partial charge in [-0.25, -0.2) is 5.43 Å². The molecule has 0 saturated heterocycles. The Morgan fingerprint density at radius 1 is 1.00 bits per heavy atom. The molecule has 0 spiro atoms. The van der Waals surface area contributed by atoms with Crippen LogP contribution < -0.4 is 10.7 Å². The van der Waals surface area contributed by atoms with Crippen molar-refractivity contribution < 1.29 is 9.59 Å². The molecular formula is C16H14BrN3O2. The lowest BCUT2D eigenvalue weighted by molar-refractivity contribution is -0.126. The summed E-state index contributed by atoms with van der Waals surface area (Å²) in [6.45, 7) is 0. The second-order valence-corrected chi connectivity index (χ2v) is 5.35. The van der Waals surface area contributed by atoms with E-state index in [1.54, 1.807) is 24.3 Å². The zero-order valence-corrected chi connectivity index (χ0v) is 13.2. The van der Waals surface area contributed by atoms with Crippen LogP contribution in [-0.4, -0.2) is 18.0 Å². The maximum Gasteiger partial charge on any atom is 0.249 e. The third-order valence-corrected chi connectivity index (χ3v) is 3.18. The van der Waals surface area contributed by atoms with Crippen LogP contribution in [0.3, 0.4) is 0 Å². The largest absolute Gasteiger partial charge is 0.326 e. The van der Waals surface area contributed by atoms with Gasteiger partial charge in [0.05, 0.1) is 6.21 Å². The molecule has 0 atom stereocenters. The van der Waals surface area contributed by atoms with Crippen molar-refractivity contribution >= 4 is 39.6 Å². The highest BCUT2D eigenvalue weighted by atomic mass is 79.9. The first-order chi connectivity index (χ1) is 10.6. The number of anilines is 1. The monoisotopic (exact) mass is 359 g/mol. The maximum absolute atomic E-state index is 11.7. The zero-order valence-electron chi connectivity index (χ0n) is 11.6. The number of amides is 2. The van der Waals surface area contributed by atoms with Crippen LogP contribution in [0.25, 0.3) is 0 Å². The number of rotatable bonds is 5. The van der Waals surface area contributed by atoms with Crippen LogP contribution in [0.2, 0.25) is 0 Å². The molecule has 2 aromatic carbocycles. The van der Waals surface area contributed by atoms with Gasteiger partial charge in [-0.2, -0.15) is 5.10 Å². The van der Waals surface area contributed by atoms with Crippen molar-refractivity contribution in [2.45, 2.75) is 6.42 Å². The molecule has 112 valence electrons. The summed E-state index contributed by atoms with van der Waals surface area (Å²) >= 11 is 3.33. The molecule has 0 unspecified atom stereocenters. The Morgan fingerprint density at radius 3 is 2.36 bits per heavy atom. The number of nitrogens with zero attached hydrogens (tertiary/aromatic N) is 1. The lowest BCUT2D eigenvalue weighted by Crippen LogP contribution is -2.24. The standard InChI is InChI=1S/C16H14BrN3O2/c17-13-8-6-12(7-9-13)11-18-20-16(22)10-15(21)19-14-4-2-1-3-5-14/h1-9,11H,10H2,(H,19,21)(H,20,22). The Bertz CT molecular complexity index is 670. The lowest BCUT2D eigenvalue weighted by atomic mass is 10.2. The molecule has 0 fully saturated rings. The molecule has 6 heteroatoms. The Morgan fingerprint density at radius 2 is 1.68 bits per heavy atom. The number of halogens is 1. The fraction of sp³-hybridized carbons (Fsp3) is 0.0625. The fourth-order valence-corrected chi connectivity index (χ4v) is 1.90. The van der Waals surface area contributed by atoms with E-state index in [9.17, 15) is 9.59 Å². The summed E-state index contributed by atoms with van der Waals surface area (Å²) in [5.74, 6) is -0.857. The number of nitrogens with one attached hydrogen (secondary N) is 2. The van der Waals surface area contributed by atoms with E-state index in [0.717, 1.165) is 10.0 Å². The SMILES string of the molecule is O=C(CC(=O)Nc1ccccc1)NN=Cc1ccc(Br)cc1. The number of para-hydroxylation sites is 1. The van der Waals surface area contributed by atoms with E-state index in [1.165, 1.54) is 6.21 Å². The number of hydrogen-bond donors (Lipinski definition) is 2. The van der Waals surface area contributed by atoms with Gasteiger partial charge in [0.25, 0.3) is 0 Å². The molecule has 2 amide bonds. The minimum Gasteiger partial charge on any atom is -0.326 e. The van der Waals surface area contributed by atoms with Crippen molar-refractivity contribution in [3.05, 3.63) is 64.6 Å². The summed E-state index contributed by atoms with van der Waals surface area (Å²) < 4.78 is 0.964. The van der Waals surface area contributed by atoms with E-state index >= 15 is 0 Å². The number of carbonyl (C=O) groups excluding carboxylic acids is 2. The number of hydrogen-bond acceptors (Lipinski definition) is 3. The van der Waals surface area contributed by atoms with Gasteiger partial charge in [-0.05, 0) is 29.8 Å². The molecule has 0 radical (unpaired) electrons. The van der Waals surface area contributed by atoms with Crippen LogP contribution in [0.4, 0.5) is 5.69 Å². The molecule has 0 aliphatic carbocycles. The van der Waals surface area contributed by atoms with E-state index in [4.69, 9.17) is 0 Å².